The Kier molecular flexibility index (Phi) is 6.90. The zero-order valence-corrected chi connectivity index (χ0v) is 14.8. The second-order valence-corrected chi connectivity index (χ2v) is 6.31. The first kappa shape index (κ1) is 17.8. The highest BCUT2D eigenvalue weighted by molar-refractivity contribution is 5.76. The lowest BCUT2D eigenvalue weighted by atomic mass is 9.98. The summed E-state index contributed by atoms with van der Waals surface area (Å²) in [5.41, 5.74) is 3.86. The molecule has 0 aliphatic carbocycles. The average Bonchev–Trinajstić information content (AvgIpc) is 2.58. The van der Waals surface area contributed by atoms with Gasteiger partial charge in [0.1, 0.15) is 5.75 Å². The number of carbonyl (C=O) groups is 1. The number of nitrogens with one attached hydrogen (secondary N) is 1. The molecular formula is C19H30N2O2. The predicted molar refractivity (Wildman–Crippen MR) is 94.1 cm³/mol. The van der Waals surface area contributed by atoms with E-state index < -0.39 is 0 Å². The standard InChI is InChI=1S/C19H30N2O2/c1-4-14-23-18-9-8-17(15(2)16(18)3)6-5-7-19(22)21-12-10-20-11-13-21/h8-9,20H,4-7,10-14H2,1-3H3. The van der Waals surface area contributed by atoms with Crippen LogP contribution in [0.1, 0.15) is 42.9 Å². The molecule has 0 saturated carbocycles. The van der Waals surface area contributed by atoms with E-state index in [4.69, 9.17) is 4.74 Å². The highest BCUT2D eigenvalue weighted by Gasteiger charge is 2.15. The van der Waals surface area contributed by atoms with Crippen LogP contribution in [0, 0.1) is 13.8 Å². The summed E-state index contributed by atoms with van der Waals surface area (Å²) in [6.07, 6.45) is 3.54. The quantitative estimate of drug-likeness (QED) is 0.840. The van der Waals surface area contributed by atoms with Gasteiger partial charge in [-0.25, -0.2) is 0 Å². The van der Waals surface area contributed by atoms with Gasteiger partial charge in [0.25, 0.3) is 0 Å². The maximum Gasteiger partial charge on any atom is 0.222 e. The van der Waals surface area contributed by atoms with Crippen LogP contribution in [0.15, 0.2) is 12.1 Å². The second-order valence-electron chi connectivity index (χ2n) is 6.31. The van der Waals surface area contributed by atoms with E-state index >= 15 is 0 Å². The Balaban J connectivity index is 1.85. The van der Waals surface area contributed by atoms with Gasteiger partial charge in [-0.3, -0.25) is 4.79 Å². The van der Waals surface area contributed by atoms with E-state index in [1.165, 1.54) is 16.7 Å². The number of amides is 1. The van der Waals surface area contributed by atoms with Gasteiger partial charge in [0, 0.05) is 32.6 Å². The number of hydrogen-bond donors (Lipinski definition) is 1. The largest absolute Gasteiger partial charge is 0.493 e. The van der Waals surface area contributed by atoms with Crippen LogP contribution in [0.3, 0.4) is 0 Å². The lowest BCUT2D eigenvalue weighted by molar-refractivity contribution is -0.131. The molecule has 0 bridgehead atoms. The van der Waals surface area contributed by atoms with Gasteiger partial charge in [0.15, 0.2) is 0 Å². The third kappa shape index (κ3) is 4.96. The Hall–Kier alpha value is -1.55. The van der Waals surface area contributed by atoms with Gasteiger partial charge in [0.2, 0.25) is 5.91 Å². The molecule has 4 heteroatoms. The molecule has 0 radical (unpaired) electrons. The molecule has 0 atom stereocenters. The van der Waals surface area contributed by atoms with E-state index in [1.54, 1.807) is 0 Å². The number of hydrogen-bond acceptors (Lipinski definition) is 3. The Morgan fingerprint density at radius 3 is 2.65 bits per heavy atom. The van der Waals surface area contributed by atoms with Gasteiger partial charge >= 0.3 is 0 Å². The molecule has 1 saturated heterocycles. The van der Waals surface area contributed by atoms with Gasteiger partial charge < -0.3 is 15.0 Å². The Labute approximate surface area is 140 Å². The van der Waals surface area contributed by atoms with E-state index in [1.807, 2.05) is 4.90 Å². The molecule has 1 aliphatic heterocycles. The van der Waals surface area contributed by atoms with Crippen LogP contribution >= 0.6 is 0 Å². The normalized spacial score (nSPS) is 14.8. The molecule has 23 heavy (non-hydrogen) atoms. The van der Waals surface area contributed by atoms with Crippen LogP contribution in [0.5, 0.6) is 5.75 Å². The van der Waals surface area contributed by atoms with E-state index in [0.717, 1.165) is 57.8 Å². The van der Waals surface area contributed by atoms with E-state index in [0.29, 0.717) is 12.3 Å². The van der Waals surface area contributed by atoms with Crippen molar-refractivity contribution in [2.24, 2.45) is 0 Å². The van der Waals surface area contributed by atoms with Crippen molar-refractivity contribution in [1.29, 1.82) is 0 Å². The van der Waals surface area contributed by atoms with Crippen molar-refractivity contribution in [3.8, 4) is 5.75 Å². The zero-order valence-electron chi connectivity index (χ0n) is 14.8. The molecule has 2 rings (SSSR count). The minimum absolute atomic E-state index is 0.295. The molecule has 1 aromatic rings. The predicted octanol–water partition coefficient (Wildman–Crippen LogP) is 2.85. The van der Waals surface area contributed by atoms with Crippen molar-refractivity contribution in [1.82, 2.24) is 10.2 Å². The fourth-order valence-electron chi connectivity index (χ4n) is 2.99. The maximum absolute atomic E-state index is 12.2. The van der Waals surface area contributed by atoms with Gasteiger partial charge in [-0.2, -0.15) is 0 Å². The maximum atomic E-state index is 12.2. The molecule has 4 nitrogen and oxygen atoms in total. The van der Waals surface area contributed by atoms with Gasteiger partial charge in [-0.05, 0) is 55.9 Å². The number of aryl methyl sites for hydroxylation is 1. The summed E-state index contributed by atoms with van der Waals surface area (Å²) >= 11 is 0. The molecule has 1 heterocycles. The fourth-order valence-corrected chi connectivity index (χ4v) is 2.99. The summed E-state index contributed by atoms with van der Waals surface area (Å²) in [5, 5.41) is 3.28. The van der Waals surface area contributed by atoms with Crippen LogP contribution in [-0.4, -0.2) is 43.6 Å². The monoisotopic (exact) mass is 318 g/mol. The van der Waals surface area contributed by atoms with Crippen molar-refractivity contribution in [3.05, 3.63) is 28.8 Å². The molecule has 0 unspecified atom stereocenters. The van der Waals surface area contributed by atoms with Crippen molar-refractivity contribution in [2.45, 2.75) is 46.5 Å². The Morgan fingerprint density at radius 2 is 1.96 bits per heavy atom. The van der Waals surface area contributed by atoms with E-state index in [-0.39, 0.29) is 0 Å². The number of ether oxygens (including phenoxy) is 1. The first-order valence-electron chi connectivity index (χ1n) is 8.83. The summed E-state index contributed by atoms with van der Waals surface area (Å²) in [6.45, 7) is 10.7. The molecule has 1 aromatic carbocycles. The molecule has 1 fully saturated rings. The topological polar surface area (TPSA) is 41.6 Å². The number of nitrogens with zero attached hydrogens (tertiary/aromatic N) is 1. The van der Waals surface area contributed by atoms with Crippen LogP contribution in [0.4, 0.5) is 0 Å². The zero-order chi connectivity index (χ0) is 16.7. The van der Waals surface area contributed by atoms with Crippen LogP contribution < -0.4 is 10.1 Å². The summed E-state index contributed by atoms with van der Waals surface area (Å²) in [5.74, 6) is 1.29. The summed E-state index contributed by atoms with van der Waals surface area (Å²) < 4.78 is 5.78. The first-order valence-corrected chi connectivity index (χ1v) is 8.83. The lowest BCUT2D eigenvalue weighted by Crippen LogP contribution is -2.46. The average molecular weight is 318 g/mol. The summed E-state index contributed by atoms with van der Waals surface area (Å²) in [7, 11) is 0. The number of piperazine rings is 1. The Morgan fingerprint density at radius 1 is 1.22 bits per heavy atom. The van der Waals surface area contributed by atoms with Gasteiger partial charge in [-0.1, -0.05) is 13.0 Å². The van der Waals surface area contributed by atoms with Gasteiger partial charge in [0.05, 0.1) is 6.61 Å². The minimum Gasteiger partial charge on any atom is -0.493 e. The lowest BCUT2D eigenvalue weighted by Gasteiger charge is -2.27. The third-order valence-corrected chi connectivity index (χ3v) is 4.62. The SMILES string of the molecule is CCCOc1ccc(CCCC(=O)N2CCNCC2)c(C)c1C. The summed E-state index contributed by atoms with van der Waals surface area (Å²) in [6, 6.07) is 4.23. The number of rotatable bonds is 7. The van der Waals surface area contributed by atoms with E-state index in [9.17, 15) is 4.79 Å². The van der Waals surface area contributed by atoms with Crippen LogP contribution in [-0.2, 0) is 11.2 Å². The molecule has 1 aliphatic rings. The fraction of sp³-hybridized carbons (Fsp3) is 0.632. The highest BCUT2D eigenvalue weighted by atomic mass is 16.5. The van der Waals surface area contributed by atoms with E-state index in [2.05, 4.69) is 38.2 Å². The summed E-state index contributed by atoms with van der Waals surface area (Å²) in [4.78, 5) is 14.2. The number of benzene rings is 1. The van der Waals surface area contributed by atoms with Crippen molar-refractivity contribution < 1.29 is 9.53 Å². The molecule has 1 N–H and O–H groups in total. The highest BCUT2D eigenvalue weighted by Crippen LogP contribution is 2.25. The molecule has 0 spiro atoms. The molecule has 1 amide bonds. The van der Waals surface area contributed by atoms with Gasteiger partial charge in [-0.15, -0.1) is 0 Å². The van der Waals surface area contributed by atoms with Crippen molar-refractivity contribution in [2.75, 3.05) is 32.8 Å². The van der Waals surface area contributed by atoms with Crippen molar-refractivity contribution in [3.63, 3.8) is 0 Å². The Bertz CT molecular complexity index is 522. The smallest absolute Gasteiger partial charge is 0.222 e. The second kappa shape index (κ2) is 8.92. The molecule has 0 aromatic heterocycles. The molecular weight excluding hydrogens is 288 g/mol. The third-order valence-electron chi connectivity index (χ3n) is 4.62. The van der Waals surface area contributed by atoms with Crippen molar-refractivity contribution >= 4 is 5.91 Å². The minimum atomic E-state index is 0.295. The first-order chi connectivity index (χ1) is 11.1. The molecule has 128 valence electrons. The van der Waals surface area contributed by atoms with Crippen LogP contribution in [0.2, 0.25) is 0 Å². The van der Waals surface area contributed by atoms with Crippen LogP contribution in [0.25, 0.3) is 0 Å². The number of carbonyl (C=O) groups excluding carboxylic acids is 1.